The second kappa shape index (κ2) is 4.00. The maximum absolute atomic E-state index is 5.74. The topological polar surface area (TPSA) is 64.9 Å². The molecule has 3 heteroatoms. The predicted octanol–water partition coefficient (Wildman–Crippen LogP) is 1.84. The number of nitrogen functional groups attached to an aromatic ring is 2. The van der Waals surface area contributed by atoms with Gasteiger partial charge in [-0.3, -0.25) is 4.98 Å². The molecule has 0 saturated carbocycles. The first-order valence-electron chi connectivity index (χ1n) is 4.78. The molecule has 2 rings (SSSR count). The van der Waals surface area contributed by atoms with Crippen molar-refractivity contribution >= 4 is 11.4 Å². The first-order valence-corrected chi connectivity index (χ1v) is 4.78. The van der Waals surface area contributed by atoms with Crippen molar-refractivity contribution < 1.29 is 0 Å². The molecule has 0 atom stereocenters. The fourth-order valence-electron chi connectivity index (χ4n) is 1.47. The molecule has 1 aromatic heterocycles. The lowest BCUT2D eigenvalue weighted by molar-refractivity contribution is 1.16. The molecular formula is C12H13N3. The van der Waals surface area contributed by atoms with Gasteiger partial charge in [0.25, 0.3) is 0 Å². The number of pyridine rings is 1. The van der Waals surface area contributed by atoms with Gasteiger partial charge in [0, 0.05) is 12.4 Å². The highest BCUT2D eigenvalue weighted by Crippen LogP contribution is 2.18. The van der Waals surface area contributed by atoms with Gasteiger partial charge in [0.05, 0.1) is 11.4 Å². The zero-order valence-electron chi connectivity index (χ0n) is 8.35. The Morgan fingerprint density at radius 2 is 1.60 bits per heavy atom. The maximum atomic E-state index is 5.74. The lowest BCUT2D eigenvalue weighted by Crippen LogP contribution is -1.96. The summed E-state index contributed by atoms with van der Waals surface area (Å²) in [5, 5.41) is 0. The van der Waals surface area contributed by atoms with Crippen LogP contribution in [0.5, 0.6) is 0 Å². The highest BCUT2D eigenvalue weighted by molar-refractivity contribution is 5.64. The highest BCUT2D eigenvalue weighted by Gasteiger charge is 1.98. The van der Waals surface area contributed by atoms with Gasteiger partial charge in [-0.15, -0.1) is 0 Å². The van der Waals surface area contributed by atoms with Crippen LogP contribution >= 0.6 is 0 Å². The second-order valence-corrected chi connectivity index (χ2v) is 3.50. The van der Waals surface area contributed by atoms with Gasteiger partial charge in [0.2, 0.25) is 0 Å². The summed E-state index contributed by atoms with van der Waals surface area (Å²) in [5.41, 5.74) is 15.0. The quantitative estimate of drug-likeness (QED) is 0.725. The van der Waals surface area contributed by atoms with Crippen LogP contribution < -0.4 is 11.5 Å². The Labute approximate surface area is 88.8 Å². The van der Waals surface area contributed by atoms with E-state index in [-0.39, 0.29) is 0 Å². The van der Waals surface area contributed by atoms with Crippen molar-refractivity contribution in [3.8, 4) is 0 Å². The Bertz CT molecular complexity index is 452. The average Bonchev–Trinajstić information content (AvgIpc) is 2.25. The Morgan fingerprint density at radius 3 is 2.27 bits per heavy atom. The lowest BCUT2D eigenvalue weighted by atomic mass is 10.1. The van der Waals surface area contributed by atoms with Crippen LogP contribution in [0.25, 0.3) is 0 Å². The molecule has 2 aromatic rings. The first-order chi connectivity index (χ1) is 7.25. The third-order valence-electron chi connectivity index (χ3n) is 2.31. The number of rotatable bonds is 2. The van der Waals surface area contributed by atoms with E-state index in [1.807, 2.05) is 30.3 Å². The minimum atomic E-state index is 0.633. The van der Waals surface area contributed by atoms with Gasteiger partial charge in [0.1, 0.15) is 0 Å². The highest BCUT2D eigenvalue weighted by atomic mass is 14.7. The first kappa shape index (κ1) is 9.52. The van der Waals surface area contributed by atoms with Crippen LogP contribution in [-0.2, 0) is 6.42 Å². The summed E-state index contributed by atoms with van der Waals surface area (Å²) in [4.78, 5) is 3.97. The standard InChI is InChI=1S/C12H13N3/c13-11-2-1-10(8-12(11)14)7-9-3-5-15-6-4-9/h1-6,8H,7,13-14H2. The zero-order chi connectivity index (χ0) is 10.7. The monoisotopic (exact) mass is 199 g/mol. The number of benzene rings is 1. The van der Waals surface area contributed by atoms with E-state index >= 15 is 0 Å². The third kappa shape index (κ3) is 2.26. The molecule has 76 valence electrons. The molecular weight excluding hydrogens is 186 g/mol. The van der Waals surface area contributed by atoms with Crippen molar-refractivity contribution in [3.05, 3.63) is 53.9 Å². The normalized spacial score (nSPS) is 10.1. The fraction of sp³-hybridized carbons (Fsp3) is 0.0833. The largest absolute Gasteiger partial charge is 0.397 e. The Kier molecular flexibility index (Phi) is 2.54. The van der Waals surface area contributed by atoms with E-state index in [1.165, 1.54) is 5.56 Å². The fourth-order valence-corrected chi connectivity index (χ4v) is 1.47. The van der Waals surface area contributed by atoms with Gasteiger partial charge >= 0.3 is 0 Å². The minimum Gasteiger partial charge on any atom is -0.397 e. The molecule has 0 bridgehead atoms. The van der Waals surface area contributed by atoms with Crippen LogP contribution in [0.15, 0.2) is 42.7 Å². The van der Waals surface area contributed by atoms with E-state index in [4.69, 9.17) is 11.5 Å². The molecule has 0 fully saturated rings. The van der Waals surface area contributed by atoms with Crippen LogP contribution in [0, 0.1) is 0 Å². The van der Waals surface area contributed by atoms with Crippen molar-refractivity contribution in [2.24, 2.45) is 0 Å². The van der Waals surface area contributed by atoms with Crippen molar-refractivity contribution in [2.75, 3.05) is 11.5 Å². The second-order valence-electron chi connectivity index (χ2n) is 3.50. The van der Waals surface area contributed by atoms with Gasteiger partial charge in [0.15, 0.2) is 0 Å². The van der Waals surface area contributed by atoms with Gasteiger partial charge in [-0.2, -0.15) is 0 Å². The third-order valence-corrected chi connectivity index (χ3v) is 2.31. The van der Waals surface area contributed by atoms with Gasteiger partial charge in [-0.05, 0) is 41.8 Å². The van der Waals surface area contributed by atoms with Crippen molar-refractivity contribution in [1.29, 1.82) is 0 Å². The summed E-state index contributed by atoms with van der Waals surface area (Å²) in [7, 11) is 0. The van der Waals surface area contributed by atoms with E-state index in [0.29, 0.717) is 11.4 Å². The number of hydrogen-bond acceptors (Lipinski definition) is 3. The van der Waals surface area contributed by atoms with Gasteiger partial charge in [-0.25, -0.2) is 0 Å². The predicted molar refractivity (Wildman–Crippen MR) is 62.3 cm³/mol. The smallest absolute Gasteiger partial charge is 0.0550 e. The van der Waals surface area contributed by atoms with Crippen LogP contribution in [0.2, 0.25) is 0 Å². The van der Waals surface area contributed by atoms with Crippen molar-refractivity contribution in [1.82, 2.24) is 4.98 Å². The molecule has 3 nitrogen and oxygen atoms in total. The lowest BCUT2D eigenvalue weighted by Gasteiger charge is -2.04. The number of aromatic nitrogens is 1. The van der Waals surface area contributed by atoms with Crippen molar-refractivity contribution in [2.45, 2.75) is 6.42 Å². The van der Waals surface area contributed by atoms with Crippen LogP contribution in [0.3, 0.4) is 0 Å². The Morgan fingerprint density at radius 1 is 0.867 bits per heavy atom. The van der Waals surface area contributed by atoms with E-state index in [9.17, 15) is 0 Å². The Balaban J connectivity index is 2.22. The summed E-state index contributed by atoms with van der Waals surface area (Å²) in [6, 6.07) is 9.73. The molecule has 0 aliphatic carbocycles. The van der Waals surface area contributed by atoms with Gasteiger partial charge in [-0.1, -0.05) is 6.07 Å². The van der Waals surface area contributed by atoms with Gasteiger partial charge < -0.3 is 11.5 Å². The average molecular weight is 199 g/mol. The molecule has 4 N–H and O–H groups in total. The maximum Gasteiger partial charge on any atom is 0.0550 e. The summed E-state index contributed by atoms with van der Waals surface area (Å²) < 4.78 is 0. The SMILES string of the molecule is Nc1ccc(Cc2ccncc2)cc1N. The van der Waals surface area contributed by atoms with E-state index < -0.39 is 0 Å². The summed E-state index contributed by atoms with van der Waals surface area (Å²) in [6.07, 6.45) is 4.43. The summed E-state index contributed by atoms with van der Waals surface area (Å²) >= 11 is 0. The van der Waals surface area contributed by atoms with E-state index in [2.05, 4.69) is 4.98 Å². The molecule has 0 spiro atoms. The van der Waals surface area contributed by atoms with Crippen LogP contribution in [0.4, 0.5) is 11.4 Å². The van der Waals surface area contributed by atoms with Crippen molar-refractivity contribution in [3.63, 3.8) is 0 Å². The molecule has 0 unspecified atom stereocenters. The number of nitrogens with two attached hydrogens (primary N) is 2. The number of nitrogens with zero attached hydrogens (tertiary/aromatic N) is 1. The van der Waals surface area contributed by atoms with E-state index in [1.54, 1.807) is 12.4 Å². The molecule has 15 heavy (non-hydrogen) atoms. The molecule has 0 amide bonds. The number of anilines is 2. The molecule has 0 aliphatic heterocycles. The summed E-state index contributed by atoms with van der Waals surface area (Å²) in [6.45, 7) is 0. The molecule has 0 radical (unpaired) electrons. The minimum absolute atomic E-state index is 0.633. The molecule has 1 aromatic carbocycles. The Hall–Kier alpha value is -2.03. The van der Waals surface area contributed by atoms with Crippen LogP contribution in [-0.4, -0.2) is 4.98 Å². The zero-order valence-corrected chi connectivity index (χ0v) is 8.35. The van der Waals surface area contributed by atoms with E-state index in [0.717, 1.165) is 12.0 Å². The van der Waals surface area contributed by atoms with Crippen LogP contribution in [0.1, 0.15) is 11.1 Å². The molecule has 0 aliphatic rings. The molecule has 0 saturated heterocycles. The number of hydrogen-bond donors (Lipinski definition) is 2. The summed E-state index contributed by atoms with van der Waals surface area (Å²) in [5.74, 6) is 0. The molecule has 1 heterocycles.